The first kappa shape index (κ1) is 15.1. The molecule has 1 N–H and O–H groups in total. The molecule has 2 aromatic rings. The summed E-state index contributed by atoms with van der Waals surface area (Å²) in [4.78, 5) is 2.33. The first-order valence-electron chi connectivity index (χ1n) is 7.81. The molecule has 0 bridgehead atoms. The fourth-order valence-electron chi connectivity index (χ4n) is 3.07. The number of ether oxygens (including phenoxy) is 1. The lowest BCUT2D eigenvalue weighted by molar-refractivity contribution is 0.0638. The van der Waals surface area contributed by atoms with Crippen molar-refractivity contribution in [1.29, 1.82) is 0 Å². The van der Waals surface area contributed by atoms with E-state index in [9.17, 15) is 5.11 Å². The SMILES string of the molecule is Cn1cc([C@H]2CCCN2C[C@H](O)COc2ccccc2)cn1. The van der Waals surface area contributed by atoms with Crippen molar-refractivity contribution in [1.82, 2.24) is 14.7 Å². The summed E-state index contributed by atoms with van der Waals surface area (Å²) in [5.74, 6) is 0.798. The predicted molar refractivity (Wildman–Crippen MR) is 84.7 cm³/mol. The molecular weight excluding hydrogens is 278 g/mol. The van der Waals surface area contributed by atoms with Crippen LogP contribution in [0.25, 0.3) is 0 Å². The minimum atomic E-state index is -0.488. The summed E-state index contributed by atoms with van der Waals surface area (Å²) in [6, 6.07) is 9.98. The predicted octanol–water partition coefficient (Wildman–Crippen LogP) is 2.00. The molecule has 5 nitrogen and oxygen atoms in total. The third-order valence-corrected chi connectivity index (χ3v) is 4.10. The maximum absolute atomic E-state index is 10.3. The molecule has 0 amide bonds. The highest BCUT2D eigenvalue weighted by atomic mass is 16.5. The van der Waals surface area contributed by atoms with E-state index < -0.39 is 6.10 Å². The monoisotopic (exact) mass is 301 g/mol. The number of nitrogens with zero attached hydrogens (tertiary/aromatic N) is 3. The highest BCUT2D eigenvalue weighted by Crippen LogP contribution is 2.31. The Morgan fingerprint density at radius 2 is 2.18 bits per heavy atom. The van der Waals surface area contributed by atoms with Crippen molar-refractivity contribution in [3.8, 4) is 5.75 Å². The van der Waals surface area contributed by atoms with E-state index in [0.29, 0.717) is 19.2 Å². The van der Waals surface area contributed by atoms with Gasteiger partial charge in [0.05, 0.1) is 6.20 Å². The second kappa shape index (κ2) is 6.94. The van der Waals surface area contributed by atoms with Gasteiger partial charge in [-0.1, -0.05) is 18.2 Å². The number of rotatable bonds is 6. The molecule has 3 rings (SSSR count). The summed E-state index contributed by atoms with van der Waals surface area (Å²) in [5.41, 5.74) is 1.23. The van der Waals surface area contributed by atoms with Gasteiger partial charge in [-0.25, -0.2) is 0 Å². The molecule has 0 unspecified atom stereocenters. The third kappa shape index (κ3) is 3.67. The van der Waals surface area contributed by atoms with Crippen molar-refractivity contribution >= 4 is 0 Å². The van der Waals surface area contributed by atoms with Gasteiger partial charge in [0.25, 0.3) is 0 Å². The van der Waals surface area contributed by atoms with Gasteiger partial charge in [-0.15, -0.1) is 0 Å². The van der Waals surface area contributed by atoms with Gasteiger partial charge in [0.1, 0.15) is 18.5 Å². The van der Waals surface area contributed by atoms with E-state index in [4.69, 9.17) is 4.74 Å². The molecule has 1 aliphatic rings. The van der Waals surface area contributed by atoms with Crippen LogP contribution in [0.5, 0.6) is 5.75 Å². The molecule has 0 aliphatic carbocycles. The lowest BCUT2D eigenvalue weighted by Crippen LogP contribution is -2.35. The van der Waals surface area contributed by atoms with Crippen LogP contribution < -0.4 is 4.74 Å². The van der Waals surface area contributed by atoms with Gasteiger partial charge in [0, 0.05) is 31.4 Å². The largest absolute Gasteiger partial charge is 0.491 e. The van der Waals surface area contributed by atoms with Crippen molar-refractivity contribution in [3.05, 3.63) is 48.3 Å². The molecule has 22 heavy (non-hydrogen) atoms. The number of aryl methyl sites for hydroxylation is 1. The summed E-state index contributed by atoms with van der Waals surface area (Å²) in [6.45, 7) is 1.97. The van der Waals surface area contributed by atoms with Crippen molar-refractivity contribution in [3.63, 3.8) is 0 Å². The Bertz CT molecular complexity index is 585. The van der Waals surface area contributed by atoms with E-state index in [0.717, 1.165) is 25.1 Å². The summed E-state index contributed by atoms with van der Waals surface area (Å²) in [5, 5.41) is 14.5. The Hall–Kier alpha value is -1.85. The number of para-hydroxylation sites is 1. The van der Waals surface area contributed by atoms with E-state index in [2.05, 4.69) is 16.2 Å². The number of benzene rings is 1. The molecule has 1 aromatic heterocycles. The van der Waals surface area contributed by atoms with Crippen LogP contribution >= 0.6 is 0 Å². The maximum atomic E-state index is 10.3. The average molecular weight is 301 g/mol. The Labute approximate surface area is 131 Å². The van der Waals surface area contributed by atoms with Crippen molar-refractivity contribution in [2.45, 2.75) is 25.0 Å². The molecule has 1 fully saturated rings. The second-order valence-electron chi connectivity index (χ2n) is 5.88. The van der Waals surface area contributed by atoms with Gasteiger partial charge in [-0.3, -0.25) is 9.58 Å². The lowest BCUT2D eigenvalue weighted by atomic mass is 10.1. The first-order chi connectivity index (χ1) is 10.7. The molecule has 5 heteroatoms. The number of likely N-dealkylation sites (tertiary alicyclic amines) is 1. The molecule has 0 radical (unpaired) electrons. The zero-order valence-electron chi connectivity index (χ0n) is 12.9. The van der Waals surface area contributed by atoms with Crippen LogP contribution in [-0.4, -0.2) is 45.6 Å². The number of hydrogen-bond donors (Lipinski definition) is 1. The van der Waals surface area contributed by atoms with Gasteiger partial charge in [-0.05, 0) is 31.5 Å². The fraction of sp³-hybridized carbons (Fsp3) is 0.471. The maximum Gasteiger partial charge on any atom is 0.119 e. The Kier molecular flexibility index (Phi) is 4.75. The van der Waals surface area contributed by atoms with Crippen LogP contribution in [0, 0.1) is 0 Å². The molecule has 1 aliphatic heterocycles. The molecule has 1 saturated heterocycles. The Balaban J connectivity index is 1.53. The minimum Gasteiger partial charge on any atom is -0.491 e. The summed E-state index contributed by atoms with van der Waals surface area (Å²) < 4.78 is 7.46. The van der Waals surface area contributed by atoms with Gasteiger partial charge in [0.15, 0.2) is 0 Å². The standard InChI is InChI=1S/C17H23N3O2/c1-19-11-14(10-18-19)17-8-5-9-20(17)12-15(21)13-22-16-6-3-2-4-7-16/h2-4,6-7,10-11,15,17,21H,5,8-9,12-13H2,1H3/t15-,17+/m0/s1. The minimum absolute atomic E-state index is 0.320. The zero-order valence-corrected chi connectivity index (χ0v) is 12.9. The van der Waals surface area contributed by atoms with E-state index >= 15 is 0 Å². The van der Waals surface area contributed by atoms with Crippen molar-refractivity contribution in [2.75, 3.05) is 19.7 Å². The normalized spacial score (nSPS) is 20.2. The fourth-order valence-corrected chi connectivity index (χ4v) is 3.07. The van der Waals surface area contributed by atoms with E-state index in [1.54, 1.807) is 0 Å². The number of aromatic nitrogens is 2. The lowest BCUT2D eigenvalue weighted by Gasteiger charge is -2.26. The van der Waals surface area contributed by atoms with Crippen molar-refractivity contribution < 1.29 is 9.84 Å². The zero-order chi connectivity index (χ0) is 15.4. The van der Waals surface area contributed by atoms with E-state index in [1.807, 2.05) is 48.3 Å². The molecule has 0 spiro atoms. The Morgan fingerprint density at radius 3 is 2.91 bits per heavy atom. The molecule has 2 heterocycles. The van der Waals surface area contributed by atoms with Crippen molar-refractivity contribution in [2.24, 2.45) is 7.05 Å². The van der Waals surface area contributed by atoms with Crippen LogP contribution in [0.3, 0.4) is 0 Å². The highest BCUT2D eigenvalue weighted by molar-refractivity contribution is 5.21. The van der Waals surface area contributed by atoms with Gasteiger partial charge >= 0.3 is 0 Å². The van der Waals surface area contributed by atoms with Crippen LogP contribution in [0.1, 0.15) is 24.4 Å². The van der Waals surface area contributed by atoms with Crippen LogP contribution in [0.2, 0.25) is 0 Å². The number of β-amino-alcohol motifs (C(OH)–C–C–N with tert-alkyl or cyclic N) is 1. The second-order valence-corrected chi connectivity index (χ2v) is 5.88. The van der Waals surface area contributed by atoms with Crippen LogP contribution in [0.4, 0.5) is 0 Å². The molecule has 2 atom stereocenters. The smallest absolute Gasteiger partial charge is 0.119 e. The van der Waals surface area contributed by atoms with E-state index in [1.165, 1.54) is 5.56 Å². The summed E-state index contributed by atoms with van der Waals surface area (Å²) >= 11 is 0. The van der Waals surface area contributed by atoms with Crippen LogP contribution in [-0.2, 0) is 7.05 Å². The average Bonchev–Trinajstić information content (AvgIpc) is 3.15. The van der Waals surface area contributed by atoms with E-state index in [-0.39, 0.29) is 0 Å². The summed E-state index contributed by atoms with van der Waals surface area (Å²) in [7, 11) is 1.94. The number of aliphatic hydroxyl groups excluding tert-OH is 1. The molecular formula is C17H23N3O2. The molecule has 0 saturated carbocycles. The third-order valence-electron chi connectivity index (χ3n) is 4.10. The Morgan fingerprint density at radius 1 is 1.36 bits per heavy atom. The van der Waals surface area contributed by atoms with Gasteiger partial charge in [-0.2, -0.15) is 5.10 Å². The topological polar surface area (TPSA) is 50.5 Å². The molecule has 118 valence electrons. The van der Waals surface area contributed by atoms with Gasteiger partial charge < -0.3 is 9.84 Å². The quantitative estimate of drug-likeness (QED) is 0.886. The first-order valence-corrected chi connectivity index (χ1v) is 7.81. The summed E-state index contributed by atoms with van der Waals surface area (Å²) in [6.07, 6.45) is 5.78. The number of hydrogen-bond acceptors (Lipinski definition) is 4. The highest BCUT2D eigenvalue weighted by Gasteiger charge is 2.28. The number of aliphatic hydroxyl groups is 1. The molecule has 1 aromatic carbocycles. The van der Waals surface area contributed by atoms with Crippen LogP contribution in [0.15, 0.2) is 42.7 Å². The van der Waals surface area contributed by atoms with Gasteiger partial charge in [0.2, 0.25) is 0 Å².